The maximum absolute atomic E-state index is 12.3. The Kier molecular flexibility index (Phi) is 8.72. The van der Waals surface area contributed by atoms with E-state index in [0.717, 1.165) is 4.31 Å². The average molecular weight is 452 g/mol. The Balaban J connectivity index is 1.89. The molecule has 30 heavy (non-hydrogen) atoms. The van der Waals surface area contributed by atoms with Crippen molar-refractivity contribution < 1.29 is 22.7 Å². The van der Waals surface area contributed by atoms with Crippen LogP contribution in [-0.4, -0.2) is 57.7 Å². The first-order valence-electron chi connectivity index (χ1n) is 9.19. The first-order chi connectivity index (χ1) is 14.2. The Hall–Kier alpha value is -2.53. The van der Waals surface area contributed by atoms with E-state index in [4.69, 9.17) is 21.7 Å². The lowest BCUT2D eigenvalue weighted by Crippen LogP contribution is -2.34. The number of carbonyl (C=O) groups is 1. The van der Waals surface area contributed by atoms with E-state index >= 15 is 0 Å². The number of benzene rings is 2. The minimum atomic E-state index is -3.50. The third-order valence-electron chi connectivity index (χ3n) is 3.93. The van der Waals surface area contributed by atoms with Crippen LogP contribution in [0.25, 0.3) is 0 Å². The minimum absolute atomic E-state index is 0.0975. The molecule has 0 saturated heterocycles. The zero-order valence-corrected chi connectivity index (χ0v) is 18.7. The number of rotatable bonds is 9. The molecule has 2 rings (SSSR count). The van der Waals surface area contributed by atoms with E-state index in [1.54, 1.807) is 36.4 Å². The molecule has 0 heterocycles. The van der Waals surface area contributed by atoms with Gasteiger partial charge in [0.2, 0.25) is 10.0 Å². The Morgan fingerprint density at radius 1 is 1.03 bits per heavy atom. The molecule has 0 aromatic heterocycles. The second kappa shape index (κ2) is 11.0. The van der Waals surface area contributed by atoms with Crippen LogP contribution in [0.5, 0.6) is 5.75 Å². The van der Waals surface area contributed by atoms with E-state index in [1.165, 1.54) is 26.2 Å². The smallest absolute Gasteiger partial charge is 0.257 e. The van der Waals surface area contributed by atoms with Crippen LogP contribution in [0, 0.1) is 0 Å². The average Bonchev–Trinajstić information content (AvgIpc) is 2.72. The Labute approximate surface area is 182 Å². The molecule has 0 aliphatic heterocycles. The van der Waals surface area contributed by atoms with Crippen molar-refractivity contribution in [2.75, 3.05) is 39.2 Å². The molecular weight excluding hydrogens is 426 g/mol. The number of sulfonamides is 1. The van der Waals surface area contributed by atoms with Crippen LogP contribution in [0.1, 0.15) is 17.3 Å². The van der Waals surface area contributed by atoms with Crippen molar-refractivity contribution in [2.24, 2.45) is 0 Å². The first kappa shape index (κ1) is 23.7. The fourth-order valence-electron chi connectivity index (χ4n) is 2.32. The topological polar surface area (TPSA) is 97.0 Å². The number of hydrogen-bond acceptors (Lipinski definition) is 6. The van der Waals surface area contributed by atoms with Crippen LogP contribution in [0.2, 0.25) is 0 Å². The fourth-order valence-corrected chi connectivity index (χ4v) is 3.44. The van der Waals surface area contributed by atoms with E-state index in [-0.39, 0.29) is 15.9 Å². The van der Waals surface area contributed by atoms with Crippen molar-refractivity contribution in [2.45, 2.75) is 11.8 Å². The van der Waals surface area contributed by atoms with Gasteiger partial charge in [-0.05, 0) is 67.7 Å². The van der Waals surface area contributed by atoms with Crippen molar-refractivity contribution in [3.05, 3.63) is 54.1 Å². The summed E-state index contributed by atoms with van der Waals surface area (Å²) >= 11 is 5.16. The maximum atomic E-state index is 12.3. The second-order valence-electron chi connectivity index (χ2n) is 6.29. The summed E-state index contributed by atoms with van der Waals surface area (Å²) in [4.78, 5) is 12.5. The van der Waals surface area contributed by atoms with Crippen LogP contribution in [0.4, 0.5) is 5.69 Å². The predicted molar refractivity (Wildman–Crippen MR) is 119 cm³/mol. The van der Waals surface area contributed by atoms with E-state index in [9.17, 15) is 13.2 Å². The number of thiocarbonyl (C=S) groups is 1. The molecule has 1 amide bonds. The van der Waals surface area contributed by atoms with Gasteiger partial charge in [0.15, 0.2) is 5.11 Å². The first-order valence-corrected chi connectivity index (χ1v) is 11.0. The van der Waals surface area contributed by atoms with Crippen LogP contribution in [0.15, 0.2) is 53.4 Å². The lowest BCUT2D eigenvalue weighted by Gasteiger charge is -2.13. The normalized spacial score (nSPS) is 11.2. The quantitative estimate of drug-likeness (QED) is 0.447. The van der Waals surface area contributed by atoms with Gasteiger partial charge < -0.3 is 14.8 Å². The highest BCUT2D eigenvalue weighted by Gasteiger charge is 2.16. The molecule has 0 bridgehead atoms. The highest BCUT2D eigenvalue weighted by atomic mass is 32.2. The maximum Gasteiger partial charge on any atom is 0.257 e. The molecule has 0 saturated carbocycles. The van der Waals surface area contributed by atoms with Crippen molar-refractivity contribution >= 4 is 38.9 Å². The van der Waals surface area contributed by atoms with Gasteiger partial charge in [0, 0.05) is 32.0 Å². The van der Waals surface area contributed by atoms with Gasteiger partial charge >= 0.3 is 0 Å². The van der Waals surface area contributed by atoms with E-state index in [0.29, 0.717) is 36.8 Å². The van der Waals surface area contributed by atoms with E-state index < -0.39 is 10.0 Å². The summed E-state index contributed by atoms with van der Waals surface area (Å²) in [6, 6.07) is 12.7. The lowest BCUT2D eigenvalue weighted by atomic mass is 10.2. The van der Waals surface area contributed by atoms with Crippen LogP contribution in [0.3, 0.4) is 0 Å². The second-order valence-corrected chi connectivity index (χ2v) is 8.85. The Bertz CT molecular complexity index is 959. The number of anilines is 1. The summed E-state index contributed by atoms with van der Waals surface area (Å²) < 4.78 is 36.0. The van der Waals surface area contributed by atoms with Crippen molar-refractivity contribution in [3.8, 4) is 5.75 Å². The summed E-state index contributed by atoms with van der Waals surface area (Å²) in [6.07, 6.45) is 0. The van der Waals surface area contributed by atoms with Crippen LogP contribution < -0.4 is 15.4 Å². The zero-order chi connectivity index (χ0) is 22.1. The molecule has 0 unspecified atom stereocenters. The van der Waals surface area contributed by atoms with Gasteiger partial charge in [-0.3, -0.25) is 10.1 Å². The predicted octanol–water partition coefficient (Wildman–Crippen LogP) is 2.48. The van der Waals surface area contributed by atoms with E-state index in [2.05, 4.69) is 10.6 Å². The minimum Gasteiger partial charge on any atom is -0.491 e. The van der Waals surface area contributed by atoms with Gasteiger partial charge in [0.25, 0.3) is 5.91 Å². The number of carbonyl (C=O) groups excluding carboxylic acids is 1. The number of hydrogen-bond donors (Lipinski definition) is 2. The molecule has 0 aliphatic carbocycles. The molecule has 2 N–H and O–H groups in total. The van der Waals surface area contributed by atoms with Gasteiger partial charge in [-0.15, -0.1) is 0 Å². The summed E-state index contributed by atoms with van der Waals surface area (Å²) in [7, 11) is -0.576. The van der Waals surface area contributed by atoms with Gasteiger partial charge in [0.05, 0.1) is 11.5 Å². The van der Waals surface area contributed by atoms with Crippen LogP contribution >= 0.6 is 12.2 Å². The largest absolute Gasteiger partial charge is 0.491 e. The number of nitrogens with one attached hydrogen (secondary N) is 2. The van der Waals surface area contributed by atoms with E-state index in [1.807, 2.05) is 6.92 Å². The Morgan fingerprint density at radius 2 is 1.67 bits per heavy atom. The zero-order valence-electron chi connectivity index (χ0n) is 17.0. The Morgan fingerprint density at radius 3 is 2.23 bits per heavy atom. The van der Waals surface area contributed by atoms with Gasteiger partial charge in [-0.2, -0.15) is 0 Å². The van der Waals surface area contributed by atoms with Gasteiger partial charge in [-0.1, -0.05) is 0 Å². The molecule has 2 aromatic carbocycles. The third kappa shape index (κ3) is 6.77. The number of ether oxygens (including phenoxy) is 2. The number of amides is 1. The van der Waals surface area contributed by atoms with Crippen molar-refractivity contribution in [3.63, 3.8) is 0 Å². The lowest BCUT2D eigenvalue weighted by molar-refractivity contribution is 0.0977. The fraction of sp³-hybridized carbons (Fsp3) is 0.300. The standard InChI is InChI=1S/C20H25N3O5S2/c1-4-27-13-14-28-17-9-5-15(6-10-17)19(24)22-20(29)21-16-7-11-18(12-8-16)30(25,26)23(2)3/h5-12H,4,13-14H2,1-3H3,(H2,21,22,24,29). The van der Waals surface area contributed by atoms with Crippen molar-refractivity contribution in [1.29, 1.82) is 0 Å². The summed E-state index contributed by atoms with van der Waals surface area (Å²) in [5, 5.41) is 5.53. The summed E-state index contributed by atoms with van der Waals surface area (Å²) in [5.41, 5.74) is 0.972. The van der Waals surface area contributed by atoms with Crippen LogP contribution in [-0.2, 0) is 14.8 Å². The molecule has 0 spiro atoms. The molecule has 2 aromatic rings. The summed E-state index contributed by atoms with van der Waals surface area (Å²) in [5.74, 6) is 0.264. The highest BCUT2D eigenvalue weighted by molar-refractivity contribution is 7.89. The molecule has 8 nitrogen and oxygen atoms in total. The molecule has 162 valence electrons. The third-order valence-corrected chi connectivity index (χ3v) is 5.97. The molecule has 0 fully saturated rings. The monoisotopic (exact) mass is 451 g/mol. The summed E-state index contributed by atoms with van der Waals surface area (Å²) in [6.45, 7) is 3.48. The highest BCUT2D eigenvalue weighted by Crippen LogP contribution is 2.17. The van der Waals surface area contributed by atoms with Gasteiger partial charge in [-0.25, -0.2) is 12.7 Å². The van der Waals surface area contributed by atoms with Crippen molar-refractivity contribution in [1.82, 2.24) is 9.62 Å². The SMILES string of the molecule is CCOCCOc1ccc(C(=O)NC(=S)Nc2ccc(S(=O)(=O)N(C)C)cc2)cc1. The van der Waals surface area contributed by atoms with Gasteiger partial charge in [0.1, 0.15) is 12.4 Å². The molecule has 0 radical (unpaired) electrons. The molecule has 0 aliphatic rings. The number of nitrogens with zero attached hydrogens (tertiary/aromatic N) is 1. The molecule has 10 heteroatoms. The molecule has 0 atom stereocenters. The molecular formula is C20H25N3O5S2.